The minimum absolute atomic E-state index is 0.255. The average Bonchev–Trinajstić information content (AvgIpc) is 2.91. The molecular weight excluding hydrogens is 342 g/mol. The van der Waals surface area contributed by atoms with Crippen LogP contribution in [0.4, 0.5) is 5.69 Å². The molecule has 1 aliphatic rings. The summed E-state index contributed by atoms with van der Waals surface area (Å²) in [4.78, 5) is 27.8. The maximum Gasteiger partial charge on any atom is 0.266 e. The first kappa shape index (κ1) is 16.6. The van der Waals surface area contributed by atoms with E-state index in [9.17, 15) is 9.59 Å². The van der Waals surface area contributed by atoms with Crippen molar-refractivity contribution in [3.63, 3.8) is 0 Å². The summed E-state index contributed by atoms with van der Waals surface area (Å²) in [5, 5.41) is 0. The van der Waals surface area contributed by atoms with Crippen LogP contribution in [0.15, 0.2) is 77.7 Å². The summed E-state index contributed by atoms with van der Waals surface area (Å²) in [6, 6.07) is 22.9. The first-order valence-electron chi connectivity index (χ1n) is 8.40. The van der Waals surface area contributed by atoms with Gasteiger partial charge in [0.15, 0.2) is 0 Å². The van der Waals surface area contributed by atoms with Gasteiger partial charge in [0.05, 0.1) is 16.8 Å². The second kappa shape index (κ2) is 6.81. The van der Waals surface area contributed by atoms with Crippen molar-refractivity contribution >= 4 is 29.3 Å². The predicted molar refractivity (Wildman–Crippen MR) is 105 cm³/mol. The minimum atomic E-state index is -0.255. The third-order valence-corrected chi connectivity index (χ3v) is 5.51. The Labute approximate surface area is 156 Å². The summed E-state index contributed by atoms with van der Waals surface area (Å²) < 4.78 is 0. The molecule has 0 radical (unpaired) electrons. The van der Waals surface area contributed by atoms with Crippen molar-refractivity contribution in [1.29, 1.82) is 0 Å². The standard InChI is InChI=1S/C22H17NO2S/c1-15-7-6-8-16(13-15)14-26-20-12-5-4-11-19(20)23-21(24)17-9-2-3-10-18(17)22(23)25/h2-13H,14H2,1H3. The van der Waals surface area contributed by atoms with Crippen LogP contribution in [-0.2, 0) is 5.75 Å². The van der Waals surface area contributed by atoms with E-state index >= 15 is 0 Å². The average molecular weight is 359 g/mol. The molecule has 0 N–H and O–H groups in total. The molecule has 0 saturated carbocycles. The number of thioether (sulfide) groups is 1. The van der Waals surface area contributed by atoms with E-state index in [1.807, 2.05) is 30.3 Å². The lowest BCUT2D eigenvalue weighted by atomic mass is 10.1. The Morgan fingerprint density at radius 1 is 0.808 bits per heavy atom. The molecule has 1 heterocycles. The molecule has 26 heavy (non-hydrogen) atoms. The maximum atomic E-state index is 12.8. The van der Waals surface area contributed by atoms with Crippen LogP contribution in [0.5, 0.6) is 0 Å². The monoisotopic (exact) mass is 359 g/mol. The highest BCUT2D eigenvalue weighted by Gasteiger charge is 2.37. The van der Waals surface area contributed by atoms with Crippen molar-refractivity contribution in [3.05, 3.63) is 95.1 Å². The summed E-state index contributed by atoms with van der Waals surface area (Å²) in [7, 11) is 0. The predicted octanol–water partition coefficient (Wildman–Crippen LogP) is 5.09. The molecule has 0 atom stereocenters. The zero-order valence-corrected chi connectivity index (χ0v) is 15.1. The fraction of sp³-hybridized carbons (Fsp3) is 0.0909. The van der Waals surface area contributed by atoms with Gasteiger partial charge in [-0.2, -0.15) is 0 Å². The van der Waals surface area contributed by atoms with Crippen LogP contribution >= 0.6 is 11.8 Å². The summed E-state index contributed by atoms with van der Waals surface area (Å²) in [6.45, 7) is 2.07. The molecule has 4 rings (SSSR count). The van der Waals surface area contributed by atoms with Gasteiger partial charge in [0.1, 0.15) is 0 Å². The smallest absolute Gasteiger partial charge is 0.266 e. The molecule has 128 valence electrons. The number of aryl methyl sites for hydroxylation is 1. The summed E-state index contributed by atoms with van der Waals surface area (Å²) in [5.74, 6) is 0.269. The number of hydrogen-bond acceptors (Lipinski definition) is 3. The van der Waals surface area contributed by atoms with Gasteiger partial charge in [-0.15, -0.1) is 11.8 Å². The van der Waals surface area contributed by atoms with Crippen molar-refractivity contribution in [2.75, 3.05) is 4.90 Å². The van der Waals surface area contributed by atoms with Gasteiger partial charge in [0.25, 0.3) is 11.8 Å². The molecule has 0 fully saturated rings. The number of fused-ring (bicyclic) bond motifs is 1. The highest BCUT2D eigenvalue weighted by Crippen LogP contribution is 2.36. The highest BCUT2D eigenvalue weighted by atomic mass is 32.2. The van der Waals surface area contributed by atoms with Gasteiger partial charge in [-0.3, -0.25) is 9.59 Å². The van der Waals surface area contributed by atoms with E-state index in [-0.39, 0.29) is 11.8 Å². The number of amides is 2. The molecular formula is C22H17NO2S. The van der Waals surface area contributed by atoms with E-state index in [1.165, 1.54) is 16.0 Å². The van der Waals surface area contributed by atoms with Crippen molar-refractivity contribution in [1.82, 2.24) is 0 Å². The van der Waals surface area contributed by atoms with E-state index in [0.29, 0.717) is 16.8 Å². The molecule has 3 aromatic rings. The maximum absolute atomic E-state index is 12.8. The lowest BCUT2D eigenvalue weighted by Gasteiger charge is -2.18. The van der Waals surface area contributed by atoms with E-state index in [2.05, 4.69) is 25.1 Å². The van der Waals surface area contributed by atoms with Crippen LogP contribution in [0.3, 0.4) is 0 Å². The van der Waals surface area contributed by atoms with Gasteiger partial charge in [-0.1, -0.05) is 54.1 Å². The van der Waals surface area contributed by atoms with E-state index in [1.54, 1.807) is 36.0 Å². The van der Waals surface area contributed by atoms with Crippen LogP contribution in [0.25, 0.3) is 0 Å². The summed E-state index contributed by atoms with van der Waals surface area (Å²) >= 11 is 1.63. The van der Waals surface area contributed by atoms with Crippen LogP contribution in [-0.4, -0.2) is 11.8 Å². The SMILES string of the molecule is Cc1cccc(CSc2ccccc2N2C(=O)c3ccccc3C2=O)c1. The Kier molecular flexibility index (Phi) is 4.35. The number of nitrogens with zero attached hydrogens (tertiary/aromatic N) is 1. The lowest BCUT2D eigenvalue weighted by Crippen LogP contribution is -2.29. The second-order valence-electron chi connectivity index (χ2n) is 6.24. The van der Waals surface area contributed by atoms with E-state index in [0.717, 1.165) is 10.6 Å². The molecule has 0 aliphatic carbocycles. The Morgan fingerprint density at radius 3 is 2.15 bits per heavy atom. The first-order chi connectivity index (χ1) is 12.6. The lowest BCUT2D eigenvalue weighted by molar-refractivity contribution is 0.0925. The number of carbonyl (C=O) groups excluding carboxylic acids is 2. The van der Waals surface area contributed by atoms with Crippen molar-refractivity contribution < 1.29 is 9.59 Å². The number of rotatable bonds is 4. The molecule has 0 spiro atoms. The summed E-state index contributed by atoms with van der Waals surface area (Å²) in [5.41, 5.74) is 4.02. The number of carbonyl (C=O) groups is 2. The van der Waals surface area contributed by atoms with Gasteiger partial charge < -0.3 is 0 Å². The Balaban J connectivity index is 1.65. The molecule has 2 amide bonds. The molecule has 0 aromatic heterocycles. The van der Waals surface area contributed by atoms with Gasteiger partial charge in [-0.05, 0) is 36.8 Å². The molecule has 3 nitrogen and oxygen atoms in total. The first-order valence-corrected chi connectivity index (χ1v) is 9.39. The fourth-order valence-electron chi connectivity index (χ4n) is 3.13. The second-order valence-corrected chi connectivity index (χ2v) is 7.25. The van der Waals surface area contributed by atoms with Crippen molar-refractivity contribution in [2.45, 2.75) is 17.6 Å². The van der Waals surface area contributed by atoms with Crippen molar-refractivity contribution in [3.8, 4) is 0 Å². The Hall–Kier alpha value is -2.85. The molecule has 4 heteroatoms. The number of hydrogen-bond donors (Lipinski definition) is 0. The molecule has 1 aliphatic heterocycles. The van der Waals surface area contributed by atoms with Crippen LogP contribution in [0.2, 0.25) is 0 Å². The van der Waals surface area contributed by atoms with Gasteiger partial charge in [0.2, 0.25) is 0 Å². The molecule has 3 aromatic carbocycles. The molecule has 0 unspecified atom stereocenters. The van der Waals surface area contributed by atoms with Gasteiger partial charge >= 0.3 is 0 Å². The number of anilines is 1. The van der Waals surface area contributed by atoms with Crippen molar-refractivity contribution in [2.24, 2.45) is 0 Å². The zero-order chi connectivity index (χ0) is 18.1. The normalized spacial score (nSPS) is 13.2. The summed E-state index contributed by atoms with van der Waals surface area (Å²) in [6.07, 6.45) is 0. The zero-order valence-electron chi connectivity index (χ0n) is 14.3. The van der Waals surface area contributed by atoms with Crippen LogP contribution in [0, 0.1) is 6.92 Å². The molecule has 0 bridgehead atoms. The van der Waals surface area contributed by atoms with E-state index < -0.39 is 0 Å². The van der Waals surface area contributed by atoms with Crippen LogP contribution < -0.4 is 4.90 Å². The largest absolute Gasteiger partial charge is 0.268 e. The van der Waals surface area contributed by atoms with Gasteiger partial charge in [-0.25, -0.2) is 4.90 Å². The minimum Gasteiger partial charge on any atom is -0.268 e. The highest BCUT2D eigenvalue weighted by molar-refractivity contribution is 7.98. The fourth-order valence-corrected chi connectivity index (χ4v) is 4.12. The number of imide groups is 1. The third-order valence-electron chi connectivity index (χ3n) is 4.38. The van der Waals surface area contributed by atoms with Crippen LogP contribution in [0.1, 0.15) is 31.8 Å². The van der Waals surface area contributed by atoms with Gasteiger partial charge in [0, 0.05) is 10.6 Å². The quantitative estimate of drug-likeness (QED) is 0.481. The Morgan fingerprint density at radius 2 is 1.46 bits per heavy atom. The number of benzene rings is 3. The third kappa shape index (κ3) is 2.93. The number of para-hydroxylation sites is 1. The topological polar surface area (TPSA) is 37.4 Å². The van der Waals surface area contributed by atoms with E-state index in [4.69, 9.17) is 0 Å². The Bertz CT molecular complexity index is 977. The molecule has 0 saturated heterocycles.